The second-order valence-electron chi connectivity index (χ2n) is 5.22. The third-order valence-corrected chi connectivity index (χ3v) is 3.90. The van der Waals surface area contributed by atoms with Gasteiger partial charge in [0.1, 0.15) is 0 Å². The third kappa shape index (κ3) is 1.63. The van der Waals surface area contributed by atoms with E-state index >= 15 is 0 Å². The average Bonchev–Trinajstić information content (AvgIpc) is 2.65. The van der Waals surface area contributed by atoms with Crippen molar-refractivity contribution in [1.82, 2.24) is 9.47 Å². The molecular formula is C14H16F2N2. The molecule has 0 bridgehead atoms. The highest BCUT2D eigenvalue weighted by Gasteiger charge is 2.22. The van der Waals surface area contributed by atoms with Gasteiger partial charge in [0, 0.05) is 24.2 Å². The Kier molecular flexibility index (Phi) is 2.63. The highest BCUT2D eigenvalue weighted by Crippen LogP contribution is 2.30. The van der Waals surface area contributed by atoms with E-state index in [9.17, 15) is 8.78 Å². The van der Waals surface area contributed by atoms with E-state index in [1.807, 2.05) is 24.9 Å². The number of hydrogen-bond donors (Lipinski definition) is 0. The standard InChI is InChI=1S/C14H16F2N2/c1-17(2)10-4-3-9-7-12(15)13(16)11-5-6-18(8-10)14(9)11/h5-7,10H,3-4,8H2,1-2H3. The largest absolute Gasteiger partial charge is 0.346 e. The normalized spacial score (nSPS) is 19.5. The van der Waals surface area contributed by atoms with Crippen LogP contribution in [0, 0.1) is 11.6 Å². The molecule has 0 radical (unpaired) electrons. The molecule has 18 heavy (non-hydrogen) atoms. The Bertz CT molecular complexity index is 601. The molecule has 1 aliphatic rings. The second-order valence-corrected chi connectivity index (χ2v) is 5.22. The molecule has 2 aromatic rings. The van der Waals surface area contributed by atoms with E-state index in [1.54, 1.807) is 6.07 Å². The summed E-state index contributed by atoms with van der Waals surface area (Å²) < 4.78 is 29.3. The molecule has 96 valence electrons. The molecule has 1 unspecified atom stereocenters. The van der Waals surface area contributed by atoms with Crippen molar-refractivity contribution >= 4 is 10.9 Å². The summed E-state index contributed by atoms with van der Waals surface area (Å²) in [6, 6.07) is 3.43. The molecule has 0 fully saturated rings. The van der Waals surface area contributed by atoms with Crippen LogP contribution in [0.4, 0.5) is 8.78 Å². The zero-order chi connectivity index (χ0) is 12.9. The van der Waals surface area contributed by atoms with E-state index in [1.165, 1.54) is 6.07 Å². The van der Waals surface area contributed by atoms with E-state index in [4.69, 9.17) is 0 Å². The van der Waals surface area contributed by atoms with Crippen molar-refractivity contribution < 1.29 is 8.78 Å². The SMILES string of the molecule is CN(C)C1CCc2cc(F)c(F)c3ccn(c23)C1. The molecule has 2 heterocycles. The van der Waals surface area contributed by atoms with Crippen molar-refractivity contribution in [1.29, 1.82) is 0 Å². The average molecular weight is 250 g/mol. The summed E-state index contributed by atoms with van der Waals surface area (Å²) >= 11 is 0. The van der Waals surface area contributed by atoms with Gasteiger partial charge < -0.3 is 9.47 Å². The first-order chi connectivity index (χ1) is 8.58. The van der Waals surface area contributed by atoms with Crippen LogP contribution in [0.5, 0.6) is 0 Å². The third-order valence-electron chi connectivity index (χ3n) is 3.90. The van der Waals surface area contributed by atoms with Crippen LogP contribution in [0.3, 0.4) is 0 Å². The number of rotatable bonds is 1. The fraction of sp³-hybridized carbons (Fsp3) is 0.429. The summed E-state index contributed by atoms with van der Waals surface area (Å²) in [6.45, 7) is 0.828. The molecule has 0 saturated carbocycles. The first kappa shape index (κ1) is 11.7. The lowest BCUT2D eigenvalue weighted by atomic mass is 10.0. The molecule has 1 aliphatic heterocycles. The summed E-state index contributed by atoms with van der Waals surface area (Å²) in [4.78, 5) is 2.17. The van der Waals surface area contributed by atoms with Gasteiger partial charge >= 0.3 is 0 Å². The molecular weight excluding hydrogens is 234 g/mol. The van der Waals surface area contributed by atoms with Crippen LogP contribution in [-0.4, -0.2) is 29.6 Å². The van der Waals surface area contributed by atoms with Gasteiger partial charge in [-0.1, -0.05) is 0 Å². The van der Waals surface area contributed by atoms with Gasteiger partial charge in [-0.05, 0) is 44.6 Å². The summed E-state index contributed by atoms with van der Waals surface area (Å²) in [6.07, 6.45) is 3.62. The van der Waals surface area contributed by atoms with Gasteiger partial charge in [-0.25, -0.2) is 8.78 Å². The van der Waals surface area contributed by atoms with Crippen molar-refractivity contribution in [3.05, 3.63) is 35.5 Å². The maximum absolute atomic E-state index is 13.7. The molecule has 0 aliphatic carbocycles. The Balaban J connectivity index is 2.19. The van der Waals surface area contributed by atoms with Crippen LogP contribution in [0.1, 0.15) is 12.0 Å². The number of aryl methyl sites for hydroxylation is 1. The van der Waals surface area contributed by atoms with Gasteiger partial charge in [0.25, 0.3) is 0 Å². The highest BCUT2D eigenvalue weighted by molar-refractivity contribution is 5.84. The van der Waals surface area contributed by atoms with Crippen molar-refractivity contribution in [3.63, 3.8) is 0 Å². The van der Waals surface area contributed by atoms with Crippen LogP contribution in [0.25, 0.3) is 10.9 Å². The maximum atomic E-state index is 13.7. The van der Waals surface area contributed by atoms with Crippen LogP contribution < -0.4 is 0 Å². The molecule has 0 saturated heterocycles. The Morgan fingerprint density at radius 3 is 2.83 bits per heavy atom. The van der Waals surface area contributed by atoms with Crippen molar-refractivity contribution in [2.75, 3.05) is 14.1 Å². The summed E-state index contributed by atoms with van der Waals surface area (Å²) in [5, 5.41) is 0.407. The number of benzene rings is 1. The van der Waals surface area contributed by atoms with Gasteiger partial charge in [-0.15, -0.1) is 0 Å². The van der Waals surface area contributed by atoms with Crippen LogP contribution in [0.15, 0.2) is 18.3 Å². The molecule has 1 aromatic carbocycles. The molecule has 0 amide bonds. The fourth-order valence-corrected chi connectivity index (χ4v) is 2.83. The number of hydrogen-bond acceptors (Lipinski definition) is 1. The van der Waals surface area contributed by atoms with Crippen LogP contribution in [-0.2, 0) is 13.0 Å². The number of likely N-dealkylation sites (N-methyl/N-ethyl adjacent to an activating group) is 1. The smallest absolute Gasteiger partial charge is 0.168 e. The van der Waals surface area contributed by atoms with Gasteiger partial charge in [0.2, 0.25) is 0 Å². The number of nitrogens with zero attached hydrogens (tertiary/aromatic N) is 2. The van der Waals surface area contributed by atoms with E-state index in [-0.39, 0.29) is 0 Å². The lowest BCUT2D eigenvalue weighted by molar-refractivity contribution is 0.256. The maximum Gasteiger partial charge on any atom is 0.168 e. The van der Waals surface area contributed by atoms with Gasteiger partial charge in [-0.3, -0.25) is 0 Å². The molecule has 0 N–H and O–H groups in total. The van der Waals surface area contributed by atoms with E-state index < -0.39 is 11.6 Å². The first-order valence-electron chi connectivity index (χ1n) is 6.20. The minimum absolute atomic E-state index is 0.402. The van der Waals surface area contributed by atoms with Crippen molar-refractivity contribution in [2.24, 2.45) is 0 Å². The quantitative estimate of drug-likeness (QED) is 0.755. The second kappa shape index (κ2) is 4.05. The summed E-state index contributed by atoms with van der Waals surface area (Å²) in [7, 11) is 4.09. The van der Waals surface area contributed by atoms with E-state index in [2.05, 4.69) is 4.90 Å². The monoisotopic (exact) mass is 250 g/mol. The highest BCUT2D eigenvalue weighted by atomic mass is 19.2. The summed E-state index contributed by atoms with van der Waals surface area (Å²) in [5.41, 5.74) is 1.77. The topological polar surface area (TPSA) is 8.17 Å². The predicted octanol–water partition coefficient (Wildman–Crippen LogP) is 2.80. The number of aromatic nitrogens is 1. The van der Waals surface area contributed by atoms with Gasteiger partial charge in [-0.2, -0.15) is 0 Å². The van der Waals surface area contributed by atoms with Gasteiger partial charge in [0.05, 0.1) is 5.52 Å². The zero-order valence-corrected chi connectivity index (χ0v) is 10.6. The lowest BCUT2D eigenvalue weighted by Crippen LogP contribution is -2.31. The minimum Gasteiger partial charge on any atom is -0.346 e. The molecule has 4 heteroatoms. The lowest BCUT2D eigenvalue weighted by Gasteiger charge is -2.23. The first-order valence-corrected chi connectivity index (χ1v) is 6.20. The predicted molar refractivity (Wildman–Crippen MR) is 67.7 cm³/mol. The van der Waals surface area contributed by atoms with E-state index in [0.717, 1.165) is 30.5 Å². The summed E-state index contributed by atoms with van der Waals surface area (Å²) in [5.74, 6) is -1.46. The van der Waals surface area contributed by atoms with Crippen molar-refractivity contribution in [3.8, 4) is 0 Å². The Labute approximate surface area is 105 Å². The molecule has 2 nitrogen and oxygen atoms in total. The Hall–Kier alpha value is -1.42. The minimum atomic E-state index is -0.737. The van der Waals surface area contributed by atoms with Crippen molar-refractivity contribution in [2.45, 2.75) is 25.4 Å². The van der Waals surface area contributed by atoms with Gasteiger partial charge in [0.15, 0.2) is 11.6 Å². The van der Waals surface area contributed by atoms with E-state index in [0.29, 0.717) is 11.4 Å². The van der Waals surface area contributed by atoms with Crippen LogP contribution in [0.2, 0.25) is 0 Å². The molecule has 1 aromatic heterocycles. The molecule has 1 atom stereocenters. The number of halogens is 2. The molecule has 3 rings (SSSR count). The Morgan fingerprint density at radius 1 is 1.33 bits per heavy atom. The Morgan fingerprint density at radius 2 is 2.11 bits per heavy atom. The zero-order valence-electron chi connectivity index (χ0n) is 10.6. The molecule has 0 spiro atoms. The fourth-order valence-electron chi connectivity index (χ4n) is 2.83. The van der Waals surface area contributed by atoms with Crippen LogP contribution >= 0.6 is 0 Å².